The minimum absolute atomic E-state index is 0. The molecule has 3 N–H and O–H groups in total. The molecule has 1 aliphatic heterocycles. The van der Waals surface area contributed by atoms with Gasteiger partial charge in [-0.25, -0.2) is 0 Å². The van der Waals surface area contributed by atoms with Gasteiger partial charge < -0.3 is 24.8 Å². The smallest absolute Gasteiger partial charge is 0.312 e. The van der Waals surface area contributed by atoms with Crippen molar-refractivity contribution in [1.29, 1.82) is 0 Å². The first-order valence-corrected chi connectivity index (χ1v) is 16.1. The molecule has 0 unspecified atom stereocenters. The van der Waals surface area contributed by atoms with Crippen molar-refractivity contribution in [2.24, 2.45) is 39.9 Å². The topological polar surface area (TPSA) is 113 Å². The molecule has 10 atom stereocenters. The highest BCUT2D eigenvalue weighted by molar-refractivity contribution is 5.79. The first-order chi connectivity index (χ1) is 19.9. The first kappa shape index (κ1) is 43.0. The molecule has 0 aromatic carbocycles. The van der Waals surface area contributed by atoms with E-state index in [-0.39, 0.29) is 61.1 Å². The normalized spacial score (nSPS) is 37.3. The molecule has 264 valence electrons. The van der Waals surface area contributed by atoms with Crippen molar-refractivity contribution in [3.05, 3.63) is 38.0 Å². The fraction of sp³-hybridized carbons (Fsp3) is 0.784. The van der Waals surface area contributed by atoms with Crippen molar-refractivity contribution in [2.75, 3.05) is 0 Å². The Morgan fingerprint density at radius 1 is 0.844 bits per heavy atom. The molecule has 0 spiro atoms. The fourth-order valence-electron chi connectivity index (χ4n) is 8.15. The van der Waals surface area contributed by atoms with Crippen LogP contribution in [0.15, 0.2) is 38.0 Å². The van der Waals surface area contributed by atoms with Gasteiger partial charge in [-0.1, -0.05) is 60.3 Å². The summed E-state index contributed by atoms with van der Waals surface area (Å²) in [5.41, 5.74) is 0.133. The molecule has 2 bridgehead atoms. The van der Waals surface area contributed by atoms with E-state index < -0.39 is 17.6 Å². The number of aliphatic hydroxyl groups excluding tert-OH is 3. The monoisotopic (exact) mass is 643 g/mol. The second kappa shape index (κ2) is 17.8. The summed E-state index contributed by atoms with van der Waals surface area (Å²) in [6, 6.07) is 0. The van der Waals surface area contributed by atoms with Gasteiger partial charge in [0.25, 0.3) is 0 Å². The average Bonchev–Trinajstić information content (AvgIpc) is 3.12. The lowest BCUT2D eigenvalue weighted by atomic mass is 9.66. The molecule has 0 radical (unpaired) electrons. The van der Waals surface area contributed by atoms with Crippen molar-refractivity contribution < 1.29 is 40.5 Å². The molecule has 4 fully saturated rings. The summed E-state index contributed by atoms with van der Waals surface area (Å²) in [6.45, 7) is 25.5. The second-order valence-electron chi connectivity index (χ2n) is 15.5. The molecular formula is C37H67FO7. The molecule has 0 amide bonds. The van der Waals surface area contributed by atoms with E-state index in [0.717, 1.165) is 38.5 Å². The highest BCUT2D eigenvalue weighted by Gasteiger charge is 2.56. The van der Waals surface area contributed by atoms with Crippen molar-refractivity contribution in [3.63, 3.8) is 0 Å². The van der Waals surface area contributed by atoms with Gasteiger partial charge in [0.05, 0.1) is 23.7 Å². The maximum absolute atomic E-state index is 11.8. The van der Waals surface area contributed by atoms with Crippen LogP contribution in [0.2, 0.25) is 0 Å². The predicted octanol–water partition coefficient (Wildman–Crippen LogP) is 7.59. The third-order valence-electron chi connectivity index (χ3n) is 9.87. The van der Waals surface area contributed by atoms with E-state index in [1.165, 1.54) is 6.92 Å². The molecule has 0 aromatic rings. The molecule has 7 nitrogen and oxygen atoms in total. The number of fused-ring (bicyclic) bond motifs is 2. The summed E-state index contributed by atoms with van der Waals surface area (Å²) in [5.74, 6) is 0.689. The van der Waals surface area contributed by atoms with Crippen LogP contribution in [0.1, 0.15) is 115 Å². The molecule has 1 heterocycles. The zero-order chi connectivity index (χ0) is 32.8. The van der Waals surface area contributed by atoms with Crippen LogP contribution in [-0.2, 0) is 19.1 Å². The van der Waals surface area contributed by atoms with Crippen LogP contribution in [-0.4, -0.2) is 57.8 Å². The van der Waals surface area contributed by atoms with Gasteiger partial charge in [0.2, 0.25) is 0 Å². The number of carbonyl (C=O) groups is 2. The number of allylic oxidation sites excluding steroid dienone is 3. The number of esters is 2. The minimum Gasteiger partial charge on any atom is -0.458 e. The lowest BCUT2D eigenvalue weighted by Gasteiger charge is -2.42. The molecule has 0 aromatic heterocycles. The molecule has 45 heavy (non-hydrogen) atoms. The third-order valence-corrected chi connectivity index (χ3v) is 9.87. The molecule has 8 heteroatoms. The Labute approximate surface area is 274 Å². The molecule has 4 rings (SSSR count). The van der Waals surface area contributed by atoms with Crippen molar-refractivity contribution in [2.45, 2.75) is 144 Å². The van der Waals surface area contributed by atoms with Crippen molar-refractivity contribution in [3.8, 4) is 0 Å². The first-order valence-electron chi connectivity index (χ1n) is 16.1. The van der Waals surface area contributed by atoms with E-state index in [0.29, 0.717) is 36.5 Å². The molecule has 1 saturated heterocycles. The SMILES string of the molecule is C.C=CC[C@H]1CC(C)(C)C[C@@H](C)[C@@H]1O.C=CC[C@H]1CC(C)(C)C[C@@H](O)[C@@H]1O.C=CC[C@H]1C[C@]2(C)C[C@@H](OC2=O)[C@@H]1OC(C)=O.F.[2HH]. The van der Waals surface area contributed by atoms with Crippen LogP contribution < -0.4 is 0 Å². The Morgan fingerprint density at radius 2 is 1.31 bits per heavy atom. The molecule has 4 aliphatic rings. The Bertz CT molecular complexity index is 943. The summed E-state index contributed by atoms with van der Waals surface area (Å²) in [7, 11) is 0. The number of halogens is 1. The van der Waals surface area contributed by atoms with E-state index in [1.54, 1.807) is 6.08 Å². The van der Waals surface area contributed by atoms with Gasteiger partial charge in [0.1, 0.15) is 12.2 Å². The van der Waals surface area contributed by atoms with Gasteiger partial charge in [-0.05, 0) is 86.9 Å². The molecule has 3 saturated carbocycles. The highest BCUT2D eigenvalue weighted by Crippen LogP contribution is 2.49. The Balaban J connectivity index is 0. The lowest BCUT2D eigenvalue weighted by molar-refractivity contribution is -0.162. The summed E-state index contributed by atoms with van der Waals surface area (Å²) in [6.07, 6.45) is 11.5. The van der Waals surface area contributed by atoms with E-state index in [9.17, 15) is 24.9 Å². The molecular weight excluding hydrogens is 575 g/mol. The van der Waals surface area contributed by atoms with Gasteiger partial charge in [-0.2, -0.15) is 0 Å². The summed E-state index contributed by atoms with van der Waals surface area (Å²) >= 11 is 0. The van der Waals surface area contributed by atoms with Gasteiger partial charge in [-0.3, -0.25) is 14.3 Å². The summed E-state index contributed by atoms with van der Waals surface area (Å²) < 4.78 is 10.6. The Kier molecular flexibility index (Phi) is 17.0. The van der Waals surface area contributed by atoms with Crippen molar-refractivity contribution in [1.82, 2.24) is 0 Å². The third kappa shape index (κ3) is 11.9. The Hall–Kier alpha value is -2.03. The number of aliphatic hydroxyl groups is 3. The second-order valence-corrected chi connectivity index (χ2v) is 15.5. The van der Waals surface area contributed by atoms with Crippen LogP contribution in [0, 0.1) is 39.9 Å². The van der Waals surface area contributed by atoms with Crippen LogP contribution in [0.4, 0.5) is 4.70 Å². The van der Waals surface area contributed by atoms with Gasteiger partial charge in [0, 0.05) is 20.7 Å². The highest BCUT2D eigenvalue weighted by atomic mass is 19.0. The van der Waals surface area contributed by atoms with Crippen molar-refractivity contribution >= 4 is 11.9 Å². The van der Waals surface area contributed by atoms with E-state index >= 15 is 0 Å². The average molecular weight is 644 g/mol. The van der Waals surface area contributed by atoms with Crippen LogP contribution in [0.5, 0.6) is 0 Å². The van der Waals surface area contributed by atoms with Gasteiger partial charge in [0.15, 0.2) is 0 Å². The van der Waals surface area contributed by atoms with Gasteiger partial charge in [-0.15, -0.1) is 19.7 Å². The quantitative estimate of drug-likeness (QED) is 0.194. The summed E-state index contributed by atoms with van der Waals surface area (Å²) in [4.78, 5) is 22.9. The van der Waals surface area contributed by atoms with Crippen LogP contribution in [0.3, 0.4) is 0 Å². The van der Waals surface area contributed by atoms with Gasteiger partial charge >= 0.3 is 11.9 Å². The number of hydrogen-bond acceptors (Lipinski definition) is 7. The number of carbonyl (C=O) groups excluding carboxylic acids is 2. The largest absolute Gasteiger partial charge is 0.458 e. The lowest BCUT2D eigenvalue weighted by Crippen LogP contribution is -2.43. The van der Waals surface area contributed by atoms with E-state index in [2.05, 4.69) is 54.4 Å². The maximum atomic E-state index is 11.8. The minimum atomic E-state index is -0.564. The fourth-order valence-corrected chi connectivity index (χ4v) is 8.15. The van der Waals surface area contributed by atoms with E-state index in [1.807, 2.05) is 19.1 Å². The number of rotatable bonds is 7. The Morgan fingerprint density at radius 3 is 1.80 bits per heavy atom. The molecule has 3 aliphatic carbocycles. The van der Waals surface area contributed by atoms with E-state index in [4.69, 9.17) is 9.47 Å². The van der Waals surface area contributed by atoms with Crippen LogP contribution >= 0.6 is 0 Å². The standard InChI is InChI=1S/C13H18O4.C12H22O.C11H20O2.CH4.FH.H2/c1-4-5-9-6-13(3)7-10(17-12(13)15)11(9)16-8(2)14;1-5-6-10-8-12(3,4)7-9(2)11(10)13;1-4-5-8-6-11(2,3)7-9(12)10(8)13;;;/h4,9-11H,1,5-7H2,2-3H3;5,9-11,13H,1,6-8H2,2-4H3;4,8-10,12-13H,1,5-7H2,2-3H3;1H4;2*1H/t9-,10+,11+,13+;9-,10+,11+;8-,9+,10+;;;/m010.../s1/i;;;;;1+1. The maximum Gasteiger partial charge on any atom is 0.312 e. The number of ether oxygens (including phenoxy) is 2. The summed E-state index contributed by atoms with van der Waals surface area (Å²) in [5, 5.41) is 29.3. The number of hydrogen-bond donors (Lipinski definition) is 3. The zero-order valence-corrected chi connectivity index (χ0v) is 28.3. The van der Waals surface area contributed by atoms with Crippen LogP contribution in [0.25, 0.3) is 0 Å². The predicted molar refractivity (Wildman–Crippen MR) is 182 cm³/mol. The zero-order valence-electron chi connectivity index (χ0n) is 28.3.